The number of nitrogens with zero attached hydrogens (tertiary/aromatic N) is 2. The standard InChI is InChI=1S/C13H11N3O/c1-9-3-2-4-12(15)13(9)17-11-5-6-16-10(7-11)8-14/h2-7H,15H2,1H3. The molecular weight excluding hydrogens is 214 g/mol. The molecule has 1 heterocycles. The molecule has 2 rings (SSSR count). The van der Waals surface area contributed by atoms with Gasteiger partial charge in [0, 0.05) is 12.3 Å². The number of rotatable bonds is 2. The van der Waals surface area contributed by atoms with Crippen LogP contribution in [0.25, 0.3) is 0 Å². The van der Waals surface area contributed by atoms with E-state index in [1.54, 1.807) is 18.2 Å². The third-order valence-electron chi connectivity index (χ3n) is 2.31. The minimum atomic E-state index is 0.314. The van der Waals surface area contributed by atoms with Crippen LogP contribution in [-0.2, 0) is 0 Å². The lowest BCUT2D eigenvalue weighted by molar-refractivity contribution is 0.480. The van der Waals surface area contributed by atoms with E-state index in [1.807, 2.05) is 25.1 Å². The number of anilines is 1. The number of hydrogen-bond acceptors (Lipinski definition) is 4. The fraction of sp³-hybridized carbons (Fsp3) is 0.0769. The molecule has 84 valence electrons. The first-order valence-corrected chi connectivity index (χ1v) is 5.10. The van der Waals surface area contributed by atoms with Crippen LogP contribution in [0.2, 0.25) is 0 Å². The topological polar surface area (TPSA) is 71.9 Å². The summed E-state index contributed by atoms with van der Waals surface area (Å²) >= 11 is 0. The molecule has 0 unspecified atom stereocenters. The maximum Gasteiger partial charge on any atom is 0.153 e. The van der Waals surface area contributed by atoms with Crippen LogP contribution in [0.4, 0.5) is 5.69 Å². The summed E-state index contributed by atoms with van der Waals surface area (Å²) in [7, 11) is 0. The monoisotopic (exact) mass is 225 g/mol. The van der Waals surface area contributed by atoms with E-state index in [1.165, 1.54) is 6.20 Å². The van der Waals surface area contributed by atoms with Crippen molar-refractivity contribution in [1.82, 2.24) is 4.98 Å². The Morgan fingerprint density at radius 2 is 2.18 bits per heavy atom. The average molecular weight is 225 g/mol. The highest BCUT2D eigenvalue weighted by Gasteiger charge is 2.06. The molecule has 2 N–H and O–H groups in total. The zero-order chi connectivity index (χ0) is 12.3. The van der Waals surface area contributed by atoms with Crippen molar-refractivity contribution in [2.45, 2.75) is 6.92 Å². The predicted octanol–water partition coefficient (Wildman–Crippen LogP) is 2.64. The van der Waals surface area contributed by atoms with Crippen LogP contribution in [0, 0.1) is 18.3 Å². The molecule has 0 saturated carbocycles. The minimum Gasteiger partial charge on any atom is -0.455 e. The molecule has 0 saturated heterocycles. The average Bonchev–Trinajstić information content (AvgIpc) is 2.34. The Morgan fingerprint density at radius 3 is 2.88 bits per heavy atom. The van der Waals surface area contributed by atoms with E-state index < -0.39 is 0 Å². The number of nitrogen functional groups attached to an aromatic ring is 1. The number of aryl methyl sites for hydroxylation is 1. The Kier molecular flexibility index (Phi) is 2.93. The molecule has 0 aliphatic carbocycles. The number of nitriles is 1. The lowest BCUT2D eigenvalue weighted by Gasteiger charge is -2.10. The predicted molar refractivity (Wildman–Crippen MR) is 64.6 cm³/mol. The molecule has 0 amide bonds. The summed E-state index contributed by atoms with van der Waals surface area (Å²) in [6.07, 6.45) is 1.53. The van der Waals surface area contributed by atoms with Crippen LogP contribution < -0.4 is 10.5 Å². The molecule has 17 heavy (non-hydrogen) atoms. The quantitative estimate of drug-likeness (QED) is 0.797. The van der Waals surface area contributed by atoms with Crippen molar-refractivity contribution >= 4 is 5.69 Å². The second kappa shape index (κ2) is 4.54. The highest BCUT2D eigenvalue weighted by atomic mass is 16.5. The van der Waals surface area contributed by atoms with E-state index in [0.29, 0.717) is 22.9 Å². The molecule has 0 atom stereocenters. The van der Waals surface area contributed by atoms with Gasteiger partial charge in [-0.3, -0.25) is 0 Å². The molecule has 2 aromatic rings. The van der Waals surface area contributed by atoms with Gasteiger partial charge in [0.05, 0.1) is 5.69 Å². The first kappa shape index (κ1) is 11.0. The van der Waals surface area contributed by atoms with Crippen LogP contribution in [0.15, 0.2) is 36.5 Å². The highest BCUT2D eigenvalue weighted by Crippen LogP contribution is 2.30. The molecule has 0 fully saturated rings. The Labute approximate surface area is 99.3 Å². The summed E-state index contributed by atoms with van der Waals surface area (Å²) in [4.78, 5) is 3.87. The van der Waals surface area contributed by atoms with Crippen molar-refractivity contribution < 1.29 is 4.74 Å². The molecule has 4 heteroatoms. The third-order valence-corrected chi connectivity index (χ3v) is 2.31. The van der Waals surface area contributed by atoms with Gasteiger partial charge in [0.1, 0.15) is 17.5 Å². The number of hydrogen-bond donors (Lipinski definition) is 1. The molecule has 1 aromatic carbocycles. The van der Waals surface area contributed by atoms with Gasteiger partial charge in [0.25, 0.3) is 0 Å². The normalized spacial score (nSPS) is 9.65. The Bertz CT molecular complexity index is 567. The second-order valence-electron chi connectivity index (χ2n) is 3.58. The van der Waals surface area contributed by atoms with Crippen molar-refractivity contribution in [2.75, 3.05) is 5.73 Å². The molecule has 0 bridgehead atoms. The van der Waals surface area contributed by atoms with E-state index in [0.717, 1.165) is 5.56 Å². The SMILES string of the molecule is Cc1cccc(N)c1Oc1ccnc(C#N)c1. The van der Waals surface area contributed by atoms with E-state index in [2.05, 4.69) is 4.98 Å². The highest BCUT2D eigenvalue weighted by molar-refractivity contribution is 5.57. The first-order valence-electron chi connectivity index (χ1n) is 5.10. The van der Waals surface area contributed by atoms with Gasteiger partial charge < -0.3 is 10.5 Å². The molecule has 0 spiro atoms. The molecule has 0 aliphatic rings. The molecular formula is C13H11N3O. The van der Waals surface area contributed by atoms with Gasteiger partial charge in [-0.2, -0.15) is 5.26 Å². The third kappa shape index (κ3) is 2.34. The Balaban J connectivity index is 2.35. The lowest BCUT2D eigenvalue weighted by atomic mass is 10.2. The largest absolute Gasteiger partial charge is 0.455 e. The van der Waals surface area contributed by atoms with Crippen LogP contribution in [0.1, 0.15) is 11.3 Å². The van der Waals surface area contributed by atoms with Gasteiger partial charge in [-0.05, 0) is 24.6 Å². The number of pyridine rings is 1. The van der Waals surface area contributed by atoms with Crippen molar-refractivity contribution in [2.24, 2.45) is 0 Å². The molecule has 0 aliphatic heterocycles. The van der Waals surface area contributed by atoms with E-state index in [-0.39, 0.29) is 0 Å². The Hall–Kier alpha value is -2.54. The van der Waals surface area contributed by atoms with Gasteiger partial charge in [-0.15, -0.1) is 0 Å². The molecule has 0 radical (unpaired) electrons. The van der Waals surface area contributed by atoms with Gasteiger partial charge >= 0.3 is 0 Å². The van der Waals surface area contributed by atoms with Gasteiger partial charge in [-0.25, -0.2) is 4.98 Å². The Morgan fingerprint density at radius 1 is 1.35 bits per heavy atom. The molecule has 1 aromatic heterocycles. The van der Waals surface area contributed by atoms with E-state index >= 15 is 0 Å². The fourth-order valence-electron chi connectivity index (χ4n) is 1.47. The number of aromatic nitrogens is 1. The fourth-order valence-corrected chi connectivity index (χ4v) is 1.47. The smallest absolute Gasteiger partial charge is 0.153 e. The van der Waals surface area contributed by atoms with E-state index in [4.69, 9.17) is 15.7 Å². The zero-order valence-electron chi connectivity index (χ0n) is 9.34. The maximum absolute atomic E-state index is 8.74. The van der Waals surface area contributed by atoms with Crippen molar-refractivity contribution in [3.63, 3.8) is 0 Å². The summed E-state index contributed by atoms with van der Waals surface area (Å²) in [5.74, 6) is 1.17. The summed E-state index contributed by atoms with van der Waals surface area (Å²) < 4.78 is 5.67. The van der Waals surface area contributed by atoms with Crippen LogP contribution in [0.5, 0.6) is 11.5 Å². The van der Waals surface area contributed by atoms with Crippen LogP contribution >= 0.6 is 0 Å². The first-order chi connectivity index (χ1) is 8.20. The van der Waals surface area contributed by atoms with Crippen molar-refractivity contribution in [3.8, 4) is 17.6 Å². The van der Waals surface area contributed by atoms with Gasteiger partial charge in [0.15, 0.2) is 5.75 Å². The van der Waals surface area contributed by atoms with Crippen LogP contribution in [0.3, 0.4) is 0 Å². The van der Waals surface area contributed by atoms with E-state index in [9.17, 15) is 0 Å². The zero-order valence-corrected chi connectivity index (χ0v) is 9.34. The number of para-hydroxylation sites is 1. The summed E-state index contributed by atoms with van der Waals surface area (Å²) in [6, 6.07) is 10.8. The maximum atomic E-state index is 8.74. The summed E-state index contributed by atoms with van der Waals surface area (Å²) in [5.41, 5.74) is 7.66. The van der Waals surface area contributed by atoms with Gasteiger partial charge in [-0.1, -0.05) is 12.1 Å². The summed E-state index contributed by atoms with van der Waals surface area (Å²) in [5, 5.41) is 8.74. The van der Waals surface area contributed by atoms with Gasteiger partial charge in [0.2, 0.25) is 0 Å². The van der Waals surface area contributed by atoms with Crippen molar-refractivity contribution in [3.05, 3.63) is 47.8 Å². The number of ether oxygens (including phenoxy) is 1. The van der Waals surface area contributed by atoms with Crippen molar-refractivity contribution in [1.29, 1.82) is 5.26 Å². The minimum absolute atomic E-state index is 0.314. The number of nitrogens with two attached hydrogens (primary N) is 1. The second-order valence-corrected chi connectivity index (χ2v) is 3.58. The molecule has 4 nitrogen and oxygen atoms in total. The summed E-state index contributed by atoms with van der Waals surface area (Å²) in [6.45, 7) is 1.91. The number of benzene rings is 1. The van der Waals surface area contributed by atoms with Crippen LogP contribution in [-0.4, -0.2) is 4.98 Å². The lowest BCUT2D eigenvalue weighted by Crippen LogP contribution is -1.95.